The third-order valence-corrected chi connectivity index (χ3v) is 2.89. The first-order valence-corrected chi connectivity index (χ1v) is 6.33. The molecule has 0 rings (SSSR count). The average molecular weight is 260 g/mol. The van der Waals surface area contributed by atoms with E-state index in [0.29, 0.717) is 13.1 Å². The highest BCUT2D eigenvalue weighted by Gasteiger charge is 2.04. The van der Waals surface area contributed by atoms with Gasteiger partial charge in [0.25, 0.3) is 0 Å². The molecule has 0 atom stereocenters. The van der Waals surface area contributed by atoms with Crippen molar-refractivity contribution in [1.29, 1.82) is 0 Å². The maximum atomic E-state index is 10.5. The Kier molecular flexibility index (Phi) is 8.78. The highest BCUT2D eigenvalue weighted by Crippen LogP contribution is 2.06. The second-order valence-corrected chi connectivity index (χ2v) is 4.53. The molecule has 2 N–H and O–H groups in total. The standard InChI is InChI=1S/C12H24N2O4/c1-13(11(15)16)9-7-5-3-4-6-8-10-14(2)12(17)18/h3-10H2,1-2H3,(H,15,16)(H,17,18). The van der Waals surface area contributed by atoms with Crippen molar-refractivity contribution >= 4 is 12.2 Å². The number of amides is 2. The summed E-state index contributed by atoms with van der Waals surface area (Å²) in [6.07, 6.45) is 4.20. The maximum absolute atomic E-state index is 10.5. The summed E-state index contributed by atoms with van der Waals surface area (Å²) in [5.74, 6) is 0. The third-order valence-electron chi connectivity index (χ3n) is 2.89. The maximum Gasteiger partial charge on any atom is 0.407 e. The molecule has 0 bridgehead atoms. The summed E-state index contributed by atoms with van der Waals surface area (Å²) in [5.41, 5.74) is 0. The Morgan fingerprint density at radius 1 is 0.722 bits per heavy atom. The van der Waals surface area contributed by atoms with E-state index in [1.165, 1.54) is 9.80 Å². The fourth-order valence-electron chi connectivity index (χ4n) is 1.60. The van der Waals surface area contributed by atoms with Crippen LogP contribution in [0, 0.1) is 0 Å². The van der Waals surface area contributed by atoms with Crippen LogP contribution in [-0.4, -0.2) is 59.4 Å². The van der Waals surface area contributed by atoms with E-state index in [2.05, 4.69) is 0 Å². The van der Waals surface area contributed by atoms with Gasteiger partial charge >= 0.3 is 12.2 Å². The van der Waals surface area contributed by atoms with Crippen LogP contribution in [0.15, 0.2) is 0 Å². The van der Waals surface area contributed by atoms with Crippen molar-refractivity contribution in [2.24, 2.45) is 0 Å². The number of hydrogen-bond acceptors (Lipinski definition) is 2. The number of carboxylic acid groups (broad SMARTS) is 2. The summed E-state index contributed by atoms with van der Waals surface area (Å²) in [6, 6.07) is 0. The molecule has 2 amide bonds. The molecule has 0 fully saturated rings. The zero-order valence-corrected chi connectivity index (χ0v) is 11.3. The van der Waals surface area contributed by atoms with E-state index in [1.807, 2.05) is 0 Å². The lowest BCUT2D eigenvalue weighted by molar-refractivity contribution is 0.153. The Morgan fingerprint density at radius 3 is 1.28 bits per heavy atom. The lowest BCUT2D eigenvalue weighted by Crippen LogP contribution is -2.25. The molecule has 0 aliphatic carbocycles. The van der Waals surface area contributed by atoms with Gasteiger partial charge in [-0.2, -0.15) is 0 Å². The van der Waals surface area contributed by atoms with Crippen LogP contribution in [0.3, 0.4) is 0 Å². The van der Waals surface area contributed by atoms with E-state index in [0.717, 1.165) is 38.5 Å². The molecule has 6 heteroatoms. The topological polar surface area (TPSA) is 81.1 Å². The zero-order valence-electron chi connectivity index (χ0n) is 11.3. The zero-order chi connectivity index (χ0) is 14.0. The van der Waals surface area contributed by atoms with Gasteiger partial charge in [-0.3, -0.25) is 0 Å². The van der Waals surface area contributed by atoms with E-state index >= 15 is 0 Å². The van der Waals surface area contributed by atoms with Crippen molar-refractivity contribution in [3.63, 3.8) is 0 Å². The predicted molar refractivity (Wildman–Crippen MR) is 69.0 cm³/mol. The van der Waals surface area contributed by atoms with Crippen LogP contribution in [0.5, 0.6) is 0 Å². The minimum atomic E-state index is -0.883. The van der Waals surface area contributed by atoms with E-state index in [4.69, 9.17) is 10.2 Å². The molecule has 18 heavy (non-hydrogen) atoms. The van der Waals surface area contributed by atoms with Gasteiger partial charge in [-0.25, -0.2) is 9.59 Å². The summed E-state index contributed by atoms with van der Waals surface area (Å²) in [5, 5.41) is 17.2. The summed E-state index contributed by atoms with van der Waals surface area (Å²) in [6.45, 7) is 1.16. The molecular formula is C12H24N2O4. The summed E-state index contributed by atoms with van der Waals surface area (Å²) >= 11 is 0. The molecule has 0 saturated carbocycles. The van der Waals surface area contributed by atoms with Gasteiger partial charge in [-0.1, -0.05) is 25.7 Å². The van der Waals surface area contributed by atoms with E-state index in [1.54, 1.807) is 14.1 Å². The van der Waals surface area contributed by atoms with Crippen molar-refractivity contribution in [1.82, 2.24) is 9.80 Å². The van der Waals surface area contributed by atoms with E-state index in [-0.39, 0.29) is 0 Å². The van der Waals surface area contributed by atoms with Gasteiger partial charge in [0.1, 0.15) is 0 Å². The Hall–Kier alpha value is -1.46. The monoisotopic (exact) mass is 260 g/mol. The van der Waals surface area contributed by atoms with Gasteiger partial charge in [0.05, 0.1) is 0 Å². The number of carbonyl (C=O) groups is 2. The van der Waals surface area contributed by atoms with Crippen LogP contribution >= 0.6 is 0 Å². The summed E-state index contributed by atoms with van der Waals surface area (Å²) in [4.78, 5) is 23.6. The third kappa shape index (κ3) is 8.66. The summed E-state index contributed by atoms with van der Waals surface area (Å²) < 4.78 is 0. The second-order valence-electron chi connectivity index (χ2n) is 4.53. The Bertz CT molecular complexity index is 232. The molecule has 6 nitrogen and oxygen atoms in total. The lowest BCUT2D eigenvalue weighted by Gasteiger charge is -2.13. The van der Waals surface area contributed by atoms with Gasteiger partial charge in [0.2, 0.25) is 0 Å². The first kappa shape index (κ1) is 16.5. The number of nitrogens with zero attached hydrogens (tertiary/aromatic N) is 2. The van der Waals surface area contributed by atoms with Crippen LogP contribution < -0.4 is 0 Å². The lowest BCUT2D eigenvalue weighted by atomic mass is 10.1. The molecule has 0 saturated heterocycles. The molecule has 0 aromatic carbocycles. The minimum absolute atomic E-state index is 0.580. The second kappa shape index (κ2) is 9.56. The van der Waals surface area contributed by atoms with Crippen LogP contribution in [0.4, 0.5) is 9.59 Å². The number of rotatable bonds is 9. The number of unbranched alkanes of at least 4 members (excludes halogenated alkanes) is 5. The molecule has 0 aliphatic rings. The molecule has 0 aromatic rings. The first-order valence-electron chi connectivity index (χ1n) is 6.33. The van der Waals surface area contributed by atoms with Crippen molar-refractivity contribution in [2.75, 3.05) is 27.2 Å². The molecule has 0 unspecified atom stereocenters. The van der Waals surface area contributed by atoms with Crippen molar-refractivity contribution < 1.29 is 19.8 Å². The van der Waals surface area contributed by atoms with Gasteiger partial charge < -0.3 is 20.0 Å². The molecule has 0 radical (unpaired) electrons. The highest BCUT2D eigenvalue weighted by molar-refractivity contribution is 5.64. The van der Waals surface area contributed by atoms with Crippen molar-refractivity contribution in [3.8, 4) is 0 Å². The number of hydrogen-bond donors (Lipinski definition) is 2. The molecule has 106 valence electrons. The molecule has 0 aliphatic heterocycles. The van der Waals surface area contributed by atoms with Gasteiger partial charge in [0.15, 0.2) is 0 Å². The Morgan fingerprint density at radius 2 is 1.00 bits per heavy atom. The fourth-order valence-corrected chi connectivity index (χ4v) is 1.60. The van der Waals surface area contributed by atoms with Gasteiger partial charge in [-0.05, 0) is 12.8 Å². The van der Waals surface area contributed by atoms with Crippen LogP contribution in [0.25, 0.3) is 0 Å². The summed E-state index contributed by atoms with van der Waals surface area (Å²) in [7, 11) is 3.15. The Labute approximate surface area is 108 Å². The van der Waals surface area contributed by atoms with E-state index < -0.39 is 12.2 Å². The van der Waals surface area contributed by atoms with Crippen molar-refractivity contribution in [2.45, 2.75) is 38.5 Å². The Balaban J connectivity index is 3.26. The highest BCUT2D eigenvalue weighted by atomic mass is 16.4. The quantitative estimate of drug-likeness (QED) is 0.624. The van der Waals surface area contributed by atoms with Gasteiger partial charge in [-0.15, -0.1) is 0 Å². The fraction of sp³-hybridized carbons (Fsp3) is 0.833. The van der Waals surface area contributed by atoms with E-state index in [9.17, 15) is 9.59 Å². The SMILES string of the molecule is CN(CCCCCCCCN(C)C(=O)O)C(=O)O. The van der Waals surface area contributed by atoms with Crippen LogP contribution in [0.2, 0.25) is 0 Å². The largest absolute Gasteiger partial charge is 0.465 e. The minimum Gasteiger partial charge on any atom is -0.465 e. The van der Waals surface area contributed by atoms with Crippen molar-refractivity contribution in [3.05, 3.63) is 0 Å². The smallest absolute Gasteiger partial charge is 0.407 e. The van der Waals surface area contributed by atoms with Gasteiger partial charge in [0, 0.05) is 27.2 Å². The predicted octanol–water partition coefficient (Wildman–Crippen LogP) is 2.55. The van der Waals surface area contributed by atoms with Crippen LogP contribution in [-0.2, 0) is 0 Å². The molecular weight excluding hydrogens is 236 g/mol. The molecule has 0 heterocycles. The molecule has 0 aromatic heterocycles. The molecule has 0 spiro atoms. The first-order chi connectivity index (χ1) is 8.45. The van der Waals surface area contributed by atoms with Crippen LogP contribution in [0.1, 0.15) is 38.5 Å². The normalized spacial score (nSPS) is 10.1. The average Bonchev–Trinajstić information content (AvgIpc) is 2.31.